The van der Waals surface area contributed by atoms with Crippen LogP contribution in [0.15, 0.2) is 29.2 Å². The SMILES string of the molecule is CC(C)(C)C(=O)CCCCCCCCCCCNC(=O)c1ccc(S(=O)(=O)NCCCCCN)cc1. The molecule has 0 bridgehead atoms. The number of carbonyl (C=O) groups is 2. The minimum absolute atomic E-state index is 0.163. The topological polar surface area (TPSA) is 118 Å². The molecule has 0 aliphatic heterocycles. The molecule has 0 saturated carbocycles. The lowest BCUT2D eigenvalue weighted by molar-refractivity contribution is -0.126. The highest BCUT2D eigenvalue weighted by molar-refractivity contribution is 7.89. The lowest BCUT2D eigenvalue weighted by Crippen LogP contribution is -2.26. The first kappa shape index (κ1) is 32.3. The molecule has 0 aromatic heterocycles. The monoisotopic (exact) mass is 523 g/mol. The van der Waals surface area contributed by atoms with Gasteiger partial charge in [0.1, 0.15) is 5.78 Å². The summed E-state index contributed by atoms with van der Waals surface area (Å²) in [6.45, 7) is 7.56. The van der Waals surface area contributed by atoms with Crippen LogP contribution in [0.4, 0.5) is 0 Å². The summed E-state index contributed by atoms with van der Waals surface area (Å²) >= 11 is 0. The second-order valence-corrected chi connectivity index (χ2v) is 12.4. The van der Waals surface area contributed by atoms with Crippen molar-refractivity contribution in [2.45, 2.75) is 109 Å². The molecule has 0 fully saturated rings. The molecular formula is C28H49N3O4S. The van der Waals surface area contributed by atoms with Crippen molar-refractivity contribution in [1.82, 2.24) is 10.0 Å². The maximum absolute atomic E-state index is 12.3. The Morgan fingerprint density at radius 3 is 1.81 bits per heavy atom. The molecule has 0 saturated heterocycles. The van der Waals surface area contributed by atoms with Crippen LogP contribution in [0.3, 0.4) is 0 Å². The summed E-state index contributed by atoms with van der Waals surface area (Å²) in [5.74, 6) is 0.177. The number of sulfonamides is 1. The lowest BCUT2D eigenvalue weighted by atomic mass is 9.88. The molecule has 0 spiro atoms. The van der Waals surface area contributed by atoms with E-state index in [1.54, 1.807) is 12.1 Å². The van der Waals surface area contributed by atoms with E-state index in [0.29, 0.717) is 37.4 Å². The van der Waals surface area contributed by atoms with Crippen LogP contribution in [0.2, 0.25) is 0 Å². The third-order valence-electron chi connectivity index (χ3n) is 6.30. The molecule has 36 heavy (non-hydrogen) atoms. The van der Waals surface area contributed by atoms with Crippen LogP contribution in [0.1, 0.15) is 115 Å². The molecule has 0 heterocycles. The smallest absolute Gasteiger partial charge is 0.251 e. The van der Waals surface area contributed by atoms with Crippen LogP contribution in [0, 0.1) is 5.41 Å². The maximum Gasteiger partial charge on any atom is 0.251 e. The highest BCUT2D eigenvalue weighted by Crippen LogP contribution is 2.19. The van der Waals surface area contributed by atoms with Crippen molar-refractivity contribution in [2.24, 2.45) is 11.1 Å². The molecule has 0 aliphatic rings. The summed E-state index contributed by atoms with van der Waals surface area (Å²) in [6.07, 6.45) is 13.4. The molecular weight excluding hydrogens is 474 g/mol. The van der Waals surface area contributed by atoms with E-state index in [1.165, 1.54) is 37.8 Å². The van der Waals surface area contributed by atoms with E-state index in [9.17, 15) is 18.0 Å². The Balaban J connectivity index is 2.11. The number of amides is 1. The van der Waals surface area contributed by atoms with Gasteiger partial charge in [-0.2, -0.15) is 0 Å². The van der Waals surface area contributed by atoms with Gasteiger partial charge in [-0.1, -0.05) is 72.1 Å². The number of benzene rings is 1. The Morgan fingerprint density at radius 1 is 0.750 bits per heavy atom. The number of rotatable bonds is 20. The number of hydrogen-bond acceptors (Lipinski definition) is 5. The van der Waals surface area contributed by atoms with E-state index < -0.39 is 10.0 Å². The fourth-order valence-corrected chi connectivity index (χ4v) is 4.92. The van der Waals surface area contributed by atoms with Crippen LogP contribution in [-0.2, 0) is 14.8 Å². The van der Waals surface area contributed by atoms with Gasteiger partial charge in [-0.15, -0.1) is 0 Å². The standard InChI is InChI=1S/C28H49N3O4S/c1-28(2,3)26(32)16-12-9-7-5-4-6-8-10-14-22-30-27(33)24-17-19-25(20-18-24)36(34,35)31-23-15-11-13-21-29/h17-20,31H,4-16,21-23,29H2,1-3H3,(H,30,33). The predicted octanol–water partition coefficient (Wildman–Crippen LogP) is 5.34. The number of Topliss-reactive ketones (excluding diaryl/α,β-unsaturated/α-hetero) is 1. The van der Waals surface area contributed by atoms with E-state index in [-0.39, 0.29) is 16.2 Å². The molecule has 1 aromatic carbocycles. The van der Waals surface area contributed by atoms with Crippen molar-refractivity contribution in [3.8, 4) is 0 Å². The highest BCUT2D eigenvalue weighted by atomic mass is 32.2. The van der Waals surface area contributed by atoms with Gasteiger partial charge in [-0.3, -0.25) is 9.59 Å². The Labute approximate surface area is 219 Å². The van der Waals surface area contributed by atoms with Gasteiger partial charge in [0.15, 0.2) is 0 Å². The number of ketones is 1. The van der Waals surface area contributed by atoms with Crippen LogP contribution < -0.4 is 15.8 Å². The molecule has 8 heteroatoms. The second-order valence-electron chi connectivity index (χ2n) is 10.6. The second kappa shape index (κ2) is 17.6. The van der Waals surface area contributed by atoms with Crippen molar-refractivity contribution >= 4 is 21.7 Å². The molecule has 1 aromatic rings. The van der Waals surface area contributed by atoms with Crippen molar-refractivity contribution in [3.05, 3.63) is 29.8 Å². The van der Waals surface area contributed by atoms with Crippen molar-refractivity contribution < 1.29 is 18.0 Å². The van der Waals surface area contributed by atoms with Gasteiger partial charge in [0.25, 0.3) is 5.91 Å². The quantitative estimate of drug-likeness (QED) is 0.199. The third-order valence-corrected chi connectivity index (χ3v) is 7.78. The molecule has 7 nitrogen and oxygen atoms in total. The van der Waals surface area contributed by atoms with Crippen LogP contribution in [0.5, 0.6) is 0 Å². The highest BCUT2D eigenvalue weighted by Gasteiger charge is 2.19. The average Bonchev–Trinajstić information content (AvgIpc) is 2.83. The zero-order chi connectivity index (χ0) is 26.9. The van der Waals surface area contributed by atoms with E-state index in [2.05, 4.69) is 10.0 Å². The van der Waals surface area contributed by atoms with Gasteiger partial charge in [-0.05, 0) is 56.5 Å². The molecule has 4 N–H and O–H groups in total. The zero-order valence-corrected chi connectivity index (χ0v) is 23.6. The van der Waals surface area contributed by atoms with Crippen molar-refractivity contribution in [3.63, 3.8) is 0 Å². The normalized spacial score (nSPS) is 12.0. The number of nitrogens with one attached hydrogen (secondary N) is 2. The first-order valence-electron chi connectivity index (χ1n) is 13.7. The molecule has 1 rings (SSSR count). The summed E-state index contributed by atoms with van der Waals surface area (Å²) in [5, 5.41) is 2.91. The van der Waals surface area contributed by atoms with E-state index >= 15 is 0 Å². The van der Waals surface area contributed by atoms with Gasteiger partial charge in [0.2, 0.25) is 10.0 Å². The summed E-state index contributed by atoms with van der Waals surface area (Å²) in [6, 6.07) is 6.05. The summed E-state index contributed by atoms with van der Waals surface area (Å²) in [4.78, 5) is 24.4. The molecule has 0 atom stereocenters. The summed E-state index contributed by atoms with van der Waals surface area (Å²) < 4.78 is 27.3. The number of hydrogen-bond donors (Lipinski definition) is 3. The lowest BCUT2D eigenvalue weighted by Gasteiger charge is -2.16. The zero-order valence-electron chi connectivity index (χ0n) is 22.7. The maximum atomic E-state index is 12.3. The molecule has 1 amide bonds. The first-order valence-corrected chi connectivity index (χ1v) is 15.2. The van der Waals surface area contributed by atoms with Gasteiger partial charge in [-0.25, -0.2) is 13.1 Å². The van der Waals surface area contributed by atoms with E-state index in [4.69, 9.17) is 5.73 Å². The Kier molecular flexibility index (Phi) is 15.8. The summed E-state index contributed by atoms with van der Waals surface area (Å²) in [7, 11) is -3.56. The molecule has 0 radical (unpaired) electrons. The summed E-state index contributed by atoms with van der Waals surface area (Å²) in [5.41, 5.74) is 5.69. The van der Waals surface area contributed by atoms with Crippen molar-refractivity contribution in [1.29, 1.82) is 0 Å². The van der Waals surface area contributed by atoms with Crippen LogP contribution in [0.25, 0.3) is 0 Å². The molecule has 0 aliphatic carbocycles. The number of nitrogens with two attached hydrogens (primary N) is 1. The number of carbonyl (C=O) groups excluding carboxylic acids is 2. The first-order chi connectivity index (χ1) is 17.1. The average molecular weight is 524 g/mol. The van der Waals surface area contributed by atoms with Crippen LogP contribution >= 0.6 is 0 Å². The Morgan fingerprint density at radius 2 is 1.25 bits per heavy atom. The predicted molar refractivity (Wildman–Crippen MR) is 148 cm³/mol. The number of unbranched alkanes of at least 4 members (excludes halogenated alkanes) is 10. The van der Waals surface area contributed by atoms with Gasteiger partial charge in [0.05, 0.1) is 4.90 Å². The molecule has 0 unspecified atom stereocenters. The largest absolute Gasteiger partial charge is 0.352 e. The van der Waals surface area contributed by atoms with E-state index in [1.807, 2.05) is 20.8 Å². The van der Waals surface area contributed by atoms with Gasteiger partial charge < -0.3 is 11.1 Å². The third kappa shape index (κ3) is 14.1. The molecule has 206 valence electrons. The van der Waals surface area contributed by atoms with Gasteiger partial charge >= 0.3 is 0 Å². The van der Waals surface area contributed by atoms with Gasteiger partial charge in [0, 0.05) is 30.5 Å². The van der Waals surface area contributed by atoms with Crippen molar-refractivity contribution in [2.75, 3.05) is 19.6 Å². The Bertz CT molecular complexity index is 862. The Hall–Kier alpha value is -1.77. The van der Waals surface area contributed by atoms with Crippen LogP contribution in [-0.4, -0.2) is 39.7 Å². The minimum Gasteiger partial charge on any atom is -0.352 e. The minimum atomic E-state index is -3.56. The van der Waals surface area contributed by atoms with E-state index in [0.717, 1.165) is 51.4 Å². The fourth-order valence-electron chi connectivity index (χ4n) is 3.85. The fraction of sp³-hybridized carbons (Fsp3) is 0.714.